The van der Waals surface area contributed by atoms with Crippen LogP contribution < -0.4 is 0 Å². The summed E-state index contributed by atoms with van der Waals surface area (Å²) in [4.78, 5) is 0. The number of methoxy groups -OCH3 is 2. The summed E-state index contributed by atoms with van der Waals surface area (Å²) in [5.74, 6) is -4.03. The first-order chi connectivity index (χ1) is 12.5. The van der Waals surface area contributed by atoms with Crippen LogP contribution in [0.5, 0.6) is 0 Å². The lowest BCUT2D eigenvalue weighted by molar-refractivity contribution is -0.360. The summed E-state index contributed by atoms with van der Waals surface area (Å²) in [5.41, 5.74) is 2.89. The van der Waals surface area contributed by atoms with E-state index in [0.717, 1.165) is 27.5 Å². The van der Waals surface area contributed by atoms with Gasteiger partial charge in [-0.1, -0.05) is 66.7 Å². The number of fused-ring (bicyclic) bond motifs is 2. The molecule has 0 unspecified atom stereocenters. The van der Waals surface area contributed by atoms with E-state index in [1.807, 2.05) is 36.4 Å². The standard InChI is InChI=1S/C22H20O4/c1-25-21(26-2)14-19(18-11-5-6-13-20(18)22(21,23)24)17-12-7-9-15-8-3-4-10-16(15)17/h3-14,23-24H,1-2H3. The molecule has 0 aliphatic heterocycles. The maximum Gasteiger partial charge on any atom is 0.251 e. The summed E-state index contributed by atoms with van der Waals surface area (Å²) in [6, 6.07) is 21.3. The highest BCUT2D eigenvalue weighted by atomic mass is 16.7. The van der Waals surface area contributed by atoms with Crippen molar-refractivity contribution in [2.75, 3.05) is 14.2 Å². The molecule has 3 aromatic rings. The number of hydrogen-bond acceptors (Lipinski definition) is 4. The largest absolute Gasteiger partial charge is 0.357 e. The fourth-order valence-electron chi connectivity index (χ4n) is 3.75. The van der Waals surface area contributed by atoms with E-state index >= 15 is 0 Å². The van der Waals surface area contributed by atoms with Crippen molar-refractivity contribution in [3.63, 3.8) is 0 Å². The summed E-state index contributed by atoms with van der Waals surface area (Å²) in [7, 11) is 2.80. The molecule has 0 amide bonds. The molecule has 0 saturated heterocycles. The Morgan fingerprint density at radius 3 is 2.12 bits per heavy atom. The van der Waals surface area contributed by atoms with Gasteiger partial charge in [-0.05, 0) is 33.5 Å². The molecule has 0 heterocycles. The zero-order valence-electron chi connectivity index (χ0n) is 14.6. The highest BCUT2D eigenvalue weighted by Crippen LogP contribution is 2.47. The summed E-state index contributed by atoms with van der Waals surface area (Å²) in [6.45, 7) is 0. The maximum absolute atomic E-state index is 10.9. The van der Waals surface area contributed by atoms with E-state index in [0.29, 0.717) is 5.56 Å². The molecule has 1 aliphatic carbocycles. The molecule has 2 N–H and O–H groups in total. The number of rotatable bonds is 3. The van der Waals surface area contributed by atoms with Crippen molar-refractivity contribution in [3.05, 3.63) is 89.5 Å². The Balaban J connectivity index is 2.08. The molecule has 0 spiro atoms. The summed E-state index contributed by atoms with van der Waals surface area (Å²) < 4.78 is 10.9. The van der Waals surface area contributed by atoms with E-state index in [-0.39, 0.29) is 0 Å². The van der Waals surface area contributed by atoms with Gasteiger partial charge in [0.25, 0.3) is 5.79 Å². The van der Waals surface area contributed by atoms with Gasteiger partial charge in [-0.25, -0.2) is 0 Å². The van der Waals surface area contributed by atoms with Crippen molar-refractivity contribution in [2.24, 2.45) is 0 Å². The Kier molecular flexibility index (Phi) is 3.93. The van der Waals surface area contributed by atoms with Crippen LogP contribution in [0, 0.1) is 0 Å². The van der Waals surface area contributed by atoms with Crippen LogP contribution in [-0.2, 0) is 15.3 Å². The Morgan fingerprint density at radius 2 is 1.35 bits per heavy atom. The van der Waals surface area contributed by atoms with Crippen molar-refractivity contribution in [1.29, 1.82) is 0 Å². The second kappa shape index (κ2) is 6.04. The van der Waals surface area contributed by atoms with Crippen LogP contribution in [0.3, 0.4) is 0 Å². The van der Waals surface area contributed by atoms with E-state index in [2.05, 4.69) is 18.2 Å². The van der Waals surface area contributed by atoms with Gasteiger partial charge in [-0.15, -0.1) is 0 Å². The minimum Gasteiger partial charge on any atom is -0.357 e. The van der Waals surface area contributed by atoms with E-state index in [4.69, 9.17) is 9.47 Å². The van der Waals surface area contributed by atoms with Crippen molar-refractivity contribution < 1.29 is 19.7 Å². The van der Waals surface area contributed by atoms with Crippen molar-refractivity contribution >= 4 is 16.3 Å². The SMILES string of the molecule is COC1(OC)C=C(c2cccc3ccccc23)c2ccccc2C1(O)O. The smallest absolute Gasteiger partial charge is 0.251 e. The normalized spacial score (nSPS) is 17.6. The van der Waals surface area contributed by atoms with Gasteiger partial charge in [0.15, 0.2) is 0 Å². The van der Waals surface area contributed by atoms with Crippen molar-refractivity contribution in [2.45, 2.75) is 11.6 Å². The third-order valence-corrected chi connectivity index (χ3v) is 5.10. The predicted molar refractivity (Wildman–Crippen MR) is 100 cm³/mol. The van der Waals surface area contributed by atoms with Gasteiger partial charge in [0.1, 0.15) is 0 Å². The molecule has 3 aromatic carbocycles. The van der Waals surface area contributed by atoms with E-state index in [9.17, 15) is 10.2 Å². The first kappa shape index (κ1) is 16.9. The van der Waals surface area contributed by atoms with Gasteiger partial charge in [0, 0.05) is 19.8 Å². The highest BCUT2D eigenvalue weighted by Gasteiger charge is 2.55. The fraction of sp³-hybridized carbons (Fsp3) is 0.182. The van der Waals surface area contributed by atoms with E-state index in [1.54, 1.807) is 18.2 Å². The maximum atomic E-state index is 10.9. The molecule has 0 atom stereocenters. The van der Waals surface area contributed by atoms with Gasteiger partial charge in [0.2, 0.25) is 5.79 Å². The Morgan fingerprint density at radius 1 is 0.731 bits per heavy atom. The van der Waals surface area contributed by atoms with Crippen LogP contribution >= 0.6 is 0 Å². The molecule has 0 fully saturated rings. The molecule has 0 aromatic heterocycles. The van der Waals surface area contributed by atoms with Gasteiger partial charge in [-0.3, -0.25) is 0 Å². The third kappa shape index (κ3) is 2.24. The molecule has 26 heavy (non-hydrogen) atoms. The molecule has 4 nitrogen and oxygen atoms in total. The third-order valence-electron chi connectivity index (χ3n) is 5.10. The topological polar surface area (TPSA) is 58.9 Å². The predicted octanol–water partition coefficient (Wildman–Crippen LogP) is 3.41. The lowest BCUT2D eigenvalue weighted by Gasteiger charge is -2.43. The average Bonchev–Trinajstić information content (AvgIpc) is 2.68. The Bertz CT molecular complexity index is 994. The van der Waals surface area contributed by atoms with Crippen LogP contribution in [0.15, 0.2) is 72.8 Å². The summed E-state index contributed by atoms with van der Waals surface area (Å²) >= 11 is 0. The Hall–Kier alpha value is -2.50. The molecule has 4 heteroatoms. The van der Waals surface area contributed by atoms with Gasteiger partial charge in [0.05, 0.1) is 0 Å². The summed E-state index contributed by atoms with van der Waals surface area (Å²) in [6.07, 6.45) is 1.65. The van der Waals surface area contributed by atoms with Gasteiger partial charge >= 0.3 is 0 Å². The second-order valence-electron chi connectivity index (χ2n) is 6.38. The molecule has 132 valence electrons. The molecule has 0 bridgehead atoms. The average molecular weight is 348 g/mol. The number of benzene rings is 3. The molecule has 0 saturated carbocycles. The molecular formula is C22H20O4. The van der Waals surface area contributed by atoms with E-state index in [1.165, 1.54) is 14.2 Å². The van der Waals surface area contributed by atoms with E-state index < -0.39 is 11.6 Å². The minimum absolute atomic E-state index is 0.342. The van der Waals surface area contributed by atoms with Crippen LogP contribution in [0.2, 0.25) is 0 Å². The minimum atomic E-state index is -2.32. The van der Waals surface area contributed by atoms with Gasteiger partial charge < -0.3 is 19.7 Å². The lowest BCUT2D eigenvalue weighted by Crippen LogP contribution is -2.55. The molecule has 4 rings (SSSR count). The van der Waals surface area contributed by atoms with Gasteiger partial charge in [-0.2, -0.15) is 0 Å². The number of aliphatic hydroxyl groups is 2. The first-order valence-corrected chi connectivity index (χ1v) is 8.40. The molecule has 0 radical (unpaired) electrons. The number of hydrogen-bond donors (Lipinski definition) is 2. The number of ether oxygens (including phenoxy) is 2. The first-order valence-electron chi connectivity index (χ1n) is 8.40. The molecular weight excluding hydrogens is 328 g/mol. The zero-order valence-corrected chi connectivity index (χ0v) is 14.6. The van der Waals surface area contributed by atoms with Crippen LogP contribution in [-0.4, -0.2) is 30.2 Å². The quantitative estimate of drug-likeness (QED) is 0.712. The zero-order chi connectivity index (χ0) is 18.4. The van der Waals surface area contributed by atoms with Crippen molar-refractivity contribution in [3.8, 4) is 0 Å². The second-order valence-corrected chi connectivity index (χ2v) is 6.38. The van der Waals surface area contributed by atoms with Crippen LogP contribution in [0.1, 0.15) is 16.7 Å². The van der Waals surface area contributed by atoms with Crippen molar-refractivity contribution in [1.82, 2.24) is 0 Å². The van der Waals surface area contributed by atoms with Crippen LogP contribution in [0.25, 0.3) is 16.3 Å². The molecule has 1 aliphatic rings. The Labute approximate surface area is 151 Å². The monoisotopic (exact) mass is 348 g/mol. The van der Waals surface area contributed by atoms with Crippen LogP contribution in [0.4, 0.5) is 0 Å². The lowest BCUT2D eigenvalue weighted by atomic mass is 9.79. The highest BCUT2D eigenvalue weighted by molar-refractivity contribution is 5.99. The fourth-order valence-corrected chi connectivity index (χ4v) is 3.75. The summed E-state index contributed by atoms with van der Waals surface area (Å²) in [5, 5.41) is 23.9.